The van der Waals surface area contributed by atoms with Crippen molar-refractivity contribution in [3.8, 4) is 5.75 Å². The highest BCUT2D eigenvalue weighted by Crippen LogP contribution is 2.37. The van der Waals surface area contributed by atoms with Crippen LogP contribution in [-0.2, 0) is 10.3 Å². The van der Waals surface area contributed by atoms with Gasteiger partial charge in [0.2, 0.25) is 0 Å². The Hall–Kier alpha value is -1.46. The summed E-state index contributed by atoms with van der Waals surface area (Å²) < 4.78 is 5.22. The van der Waals surface area contributed by atoms with E-state index in [4.69, 9.17) is 16.3 Å². The molecule has 2 N–H and O–H groups in total. The third-order valence-corrected chi connectivity index (χ3v) is 3.32. The minimum Gasteiger partial charge on any atom is -0.508 e. The standard InChI is InChI=1S/C14H18ClNO4/c1-13(2,3)20-12(18)16-7-14(19,8-16)10-5-4-9(17)6-11(10)15/h4-6,17,19H,7-8H2,1-3H3. The summed E-state index contributed by atoms with van der Waals surface area (Å²) in [6.45, 7) is 5.59. The normalized spacial score (nSPS) is 17.6. The van der Waals surface area contributed by atoms with Crippen molar-refractivity contribution in [3.63, 3.8) is 0 Å². The van der Waals surface area contributed by atoms with Gasteiger partial charge < -0.3 is 19.8 Å². The molecule has 0 atom stereocenters. The van der Waals surface area contributed by atoms with E-state index in [0.717, 1.165) is 0 Å². The van der Waals surface area contributed by atoms with Crippen molar-refractivity contribution in [1.82, 2.24) is 4.90 Å². The van der Waals surface area contributed by atoms with E-state index in [1.54, 1.807) is 26.8 Å². The van der Waals surface area contributed by atoms with Crippen LogP contribution in [0.4, 0.5) is 4.79 Å². The molecule has 2 rings (SSSR count). The topological polar surface area (TPSA) is 70.0 Å². The Morgan fingerprint density at radius 3 is 2.50 bits per heavy atom. The largest absolute Gasteiger partial charge is 0.508 e. The van der Waals surface area contributed by atoms with E-state index in [1.807, 2.05) is 0 Å². The third-order valence-electron chi connectivity index (χ3n) is 3.01. The molecule has 1 aromatic rings. The molecule has 0 aliphatic carbocycles. The number of carbonyl (C=O) groups is 1. The number of phenolic OH excluding ortho intramolecular Hbond substituents is 1. The lowest BCUT2D eigenvalue weighted by molar-refractivity contribution is -0.103. The van der Waals surface area contributed by atoms with Gasteiger partial charge in [-0.2, -0.15) is 0 Å². The van der Waals surface area contributed by atoms with Crippen LogP contribution < -0.4 is 0 Å². The van der Waals surface area contributed by atoms with Crippen molar-refractivity contribution in [3.05, 3.63) is 28.8 Å². The number of hydrogen-bond acceptors (Lipinski definition) is 4. The van der Waals surface area contributed by atoms with Gasteiger partial charge in [-0.25, -0.2) is 4.79 Å². The average Bonchev–Trinajstić information content (AvgIpc) is 2.22. The third kappa shape index (κ3) is 2.99. The molecule has 1 amide bonds. The molecule has 1 saturated heterocycles. The Bertz CT molecular complexity index is 532. The van der Waals surface area contributed by atoms with Crippen molar-refractivity contribution in [2.24, 2.45) is 0 Å². The second-order valence-corrected chi connectivity index (χ2v) is 6.44. The summed E-state index contributed by atoms with van der Waals surface area (Å²) >= 11 is 6.01. The Labute approximate surface area is 122 Å². The molecule has 0 unspecified atom stereocenters. The Morgan fingerprint density at radius 1 is 1.40 bits per heavy atom. The van der Waals surface area contributed by atoms with Crippen LogP contribution in [0.3, 0.4) is 0 Å². The molecule has 6 heteroatoms. The van der Waals surface area contributed by atoms with E-state index < -0.39 is 17.3 Å². The number of rotatable bonds is 1. The van der Waals surface area contributed by atoms with Gasteiger partial charge in [0.05, 0.1) is 18.1 Å². The van der Waals surface area contributed by atoms with E-state index >= 15 is 0 Å². The number of aliphatic hydroxyl groups is 1. The van der Waals surface area contributed by atoms with E-state index in [1.165, 1.54) is 17.0 Å². The SMILES string of the molecule is CC(C)(C)OC(=O)N1CC(O)(c2ccc(O)cc2Cl)C1. The zero-order valence-electron chi connectivity index (χ0n) is 11.7. The molecule has 110 valence electrons. The number of phenols is 1. The van der Waals surface area contributed by atoms with Gasteiger partial charge >= 0.3 is 6.09 Å². The maximum Gasteiger partial charge on any atom is 0.410 e. The lowest BCUT2D eigenvalue weighted by atomic mass is 9.86. The fraction of sp³-hybridized carbons (Fsp3) is 0.500. The lowest BCUT2D eigenvalue weighted by Crippen LogP contribution is -2.62. The monoisotopic (exact) mass is 299 g/mol. The van der Waals surface area contributed by atoms with Crippen molar-refractivity contribution >= 4 is 17.7 Å². The number of β-amino-alcohol motifs (C(OH)–C–C–N with tert-alkyl or cyclic N) is 1. The zero-order valence-corrected chi connectivity index (χ0v) is 12.4. The summed E-state index contributed by atoms with van der Waals surface area (Å²) in [5, 5.41) is 20.0. The van der Waals surface area contributed by atoms with E-state index in [-0.39, 0.29) is 23.9 Å². The highest BCUT2D eigenvalue weighted by atomic mass is 35.5. The number of benzene rings is 1. The molecule has 0 saturated carbocycles. The minimum atomic E-state index is -1.19. The highest BCUT2D eigenvalue weighted by molar-refractivity contribution is 6.31. The predicted molar refractivity (Wildman–Crippen MR) is 74.8 cm³/mol. The summed E-state index contributed by atoms with van der Waals surface area (Å²) in [4.78, 5) is 13.2. The molecular weight excluding hydrogens is 282 g/mol. The Morgan fingerprint density at radius 2 is 2.00 bits per heavy atom. The molecule has 1 aromatic carbocycles. The van der Waals surface area contributed by atoms with E-state index in [2.05, 4.69) is 0 Å². The fourth-order valence-corrected chi connectivity index (χ4v) is 2.44. The number of nitrogens with zero attached hydrogens (tertiary/aromatic N) is 1. The quantitative estimate of drug-likeness (QED) is 0.836. The van der Waals surface area contributed by atoms with Crippen molar-refractivity contribution in [1.29, 1.82) is 0 Å². The van der Waals surface area contributed by atoms with Crippen molar-refractivity contribution in [2.75, 3.05) is 13.1 Å². The average molecular weight is 300 g/mol. The first-order chi connectivity index (χ1) is 9.11. The van der Waals surface area contributed by atoms with Crippen LogP contribution in [-0.4, -0.2) is 39.9 Å². The maximum absolute atomic E-state index is 11.8. The molecule has 0 bridgehead atoms. The molecule has 0 spiro atoms. The van der Waals surface area contributed by atoms with Gasteiger partial charge in [0.1, 0.15) is 17.0 Å². The Balaban J connectivity index is 2.05. The number of amides is 1. The molecular formula is C14H18ClNO4. The second kappa shape index (κ2) is 4.82. The zero-order chi connectivity index (χ0) is 15.1. The summed E-state index contributed by atoms with van der Waals surface area (Å²) in [6.07, 6.45) is -0.461. The van der Waals surface area contributed by atoms with Crippen LogP contribution in [0, 0.1) is 0 Å². The van der Waals surface area contributed by atoms with Gasteiger partial charge in [-0.1, -0.05) is 17.7 Å². The number of ether oxygens (including phenoxy) is 1. The predicted octanol–water partition coefficient (Wildman–Crippen LogP) is 2.48. The summed E-state index contributed by atoms with van der Waals surface area (Å²) in [5.41, 5.74) is -1.26. The maximum atomic E-state index is 11.8. The summed E-state index contributed by atoms with van der Waals surface area (Å²) in [7, 11) is 0. The molecule has 1 fully saturated rings. The van der Waals surface area contributed by atoms with Crippen LogP contribution in [0.1, 0.15) is 26.3 Å². The van der Waals surface area contributed by atoms with Gasteiger partial charge in [-0.05, 0) is 32.9 Å². The number of hydrogen-bond donors (Lipinski definition) is 2. The van der Waals surface area contributed by atoms with Crippen molar-refractivity contribution in [2.45, 2.75) is 32.0 Å². The molecule has 1 heterocycles. The first kappa shape index (κ1) is 14.9. The first-order valence-corrected chi connectivity index (χ1v) is 6.68. The molecule has 0 aromatic heterocycles. The highest BCUT2D eigenvalue weighted by Gasteiger charge is 2.47. The number of halogens is 1. The first-order valence-electron chi connectivity index (χ1n) is 6.30. The van der Waals surface area contributed by atoms with Crippen LogP contribution in [0.15, 0.2) is 18.2 Å². The lowest BCUT2D eigenvalue weighted by Gasteiger charge is -2.46. The van der Waals surface area contributed by atoms with E-state index in [9.17, 15) is 15.0 Å². The molecule has 5 nitrogen and oxygen atoms in total. The van der Waals surface area contributed by atoms with Crippen LogP contribution in [0.5, 0.6) is 5.75 Å². The number of likely N-dealkylation sites (tertiary alicyclic amines) is 1. The summed E-state index contributed by atoms with van der Waals surface area (Å²) in [5.74, 6) is 0.0330. The van der Waals surface area contributed by atoms with Gasteiger partial charge in [0.25, 0.3) is 0 Å². The van der Waals surface area contributed by atoms with Gasteiger partial charge in [-0.3, -0.25) is 0 Å². The van der Waals surface area contributed by atoms with Crippen LogP contribution >= 0.6 is 11.6 Å². The van der Waals surface area contributed by atoms with E-state index in [0.29, 0.717) is 5.56 Å². The second-order valence-electron chi connectivity index (χ2n) is 6.03. The van der Waals surface area contributed by atoms with Gasteiger partial charge in [-0.15, -0.1) is 0 Å². The number of aromatic hydroxyl groups is 1. The van der Waals surface area contributed by atoms with Crippen LogP contribution in [0.2, 0.25) is 5.02 Å². The summed E-state index contributed by atoms with van der Waals surface area (Å²) in [6, 6.07) is 4.38. The molecule has 0 radical (unpaired) electrons. The van der Waals surface area contributed by atoms with Crippen molar-refractivity contribution < 1.29 is 19.7 Å². The molecule has 20 heavy (non-hydrogen) atoms. The Kier molecular flexibility index (Phi) is 3.60. The fourth-order valence-electron chi connectivity index (χ4n) is 2.09. The minimum absolute atomic E-state index is 0.0330. The van der Waals surface area contributed by atoms with Crippen LogP contribution in [0.25, 0.3) is 0 Å². The smallest absolute Gasteiger partial charge is 0.410 e. The van der Waals surface area contributed by atoms with Gasteiger partial charge in [0, 0.05) is 5.56 Å². The number of carbonyl (C=O) groups excluding carboxylic acids is 1. The molecule has 1 aliphatic rings. The molecule has 1 aliphatic heterocycles. The van der Waals surface area contributed by atoms with Gasteiger partial charge in [0.15, 0.2) is 0 Å².